The maximum absolute atomic E-state index is 11.0. The highest BCUT2D eigenvalue weighted by Crippen LogP contribution is 1.85. The van der Waals surface area contributed by atoms with Crippen LogP contribution in [0.4, 0.5) is 0 Å². The van der Waals surface area contributed by atoms with E-state index < -0.39 is 0 Å². The number of rotatable bonds is 7. The van der Waals surface area contributed by atoms with E-state index in [1.165, 1.54) is 0 Å². The van der Waals surface area contributed by atoms with E-state index in [0.29, 0.717) is 6.54 Å². The van der Waals surface area contributed by atoms with Crippen molar-refractivity contribution in [2.75, 3.05) is 39.8 Å². The first kappa shape index (κ1) is 12.4. The number of nitrogens with one attached hydrogen (secondary N) is 2. The van der Waals surface area contributed by atoms with Crippen LogP contribution in [0.3, 0.4) is 0 Å². The lowest BCUT2D eigenvalue weighted by molar-refractivity contribution is -0.121. The molecule has 0 aromatic rings. The molecule has 1 amide bonds. The van der Waals surface area contributed by atoms with Gasteiger partial charge in [-0.05, 0) is 13.1 Å². The number of carbonyl (C=O) groups is 1. The van der Waals surface area contributed by atoms with Gasteiger partial charge in [-0.2, -0.15) is 0 Å². The van der Waals surface area contributed by atoms with Crippen molar-refractivity contribution in [2.45, 2.75) is 13.8 Å². The fourth-order valence-corrected chi connectivity index (χ4v) is 1.05. The predicted molar refractivity (Wildman–Crippen MR) is 54.7 cm³/mol. The summed E-state index contributed by atoms with van der Waals surface area (Å²) >= 11 is 0. The summed E-state index contributed by atoms with van der Waals surface area (Å²) in [6.07, 6.45) is 0. The van der Waals surface area contributed by atoms with E-state index in [4.69, 9.17) is 0 Å². The minimum absolute atomic E-state index is 0.0818. The highest BCUT2D eigenvalue weighted by atomic mass is 16.1. The maximum atomic E-state index is 11.0. The summed E-state index contributed by atoms with van der Waals surface area (Å²) in [5.41, 5.74) is 0. The zero-order valence-electron chi connectivity index (χ0n) is 8.89. The van der Waals surface area contributed by atoms with Crippen LogP contribution in [0.2, 0.25) is 0 Å². The zero-order valence-corrected chi connectivity index (χ0v) is 8.89. The van der Waals surface area contributed by atoms with E-state index >= 15 is 0 Å². The Bertz CT molecular complexity index is 139. The zero-order chi connectivity index (χ0) is 10.1. The molecule has 0 unspecified atom stereocenters. The molecule has 0 fully saturated rings. The first-order chi connectivity index (χ1) is 6.24. The van der Waals surface area contributed by atoms with Gasteiger partial charge in [-0.3, -0.25) is 9.69 Å². The second kappa shape index (κ2) is 8.01. The Morgan fingerprint density at radius 1 is 1.38 bits per heavy atom. The third-order valence-corrected chi connectivity index (χ3v) is 1.95. The fourth-order valence-electron chi connectivity index (χ4n) is 1.05. The summed E-state index contributed by atoms with van der Waals surface area (Å²) < 4.78 is 0. The van der Waals surface area contributed by atoms with Gasteiger partial charge in [-0.15, -0.1) is 0 Å². The molecule has 4 heteroatoms. The van der Waals surface area contributed by atoms with Crippen molar-refractivity contribution < 1.29 is 4.79 Å². The summed E-state index contributed by atoms with van der Waals surface area (Å²) in [6.45, 7) is 8.41. The third kappa shape index (κ3) is 6.54. The van der Waals surface area contributed by atoms with Crippen molar-refractivity contribution >= 4 is 5.91 Å². The van der Waals surface area contributed by atoms with Crippen molar-refractivity contribution in [2.24, 2.45) is 0 Å². The molecule has 0 aliphatic rings. The Morgan fingerprint density at radius 2 is 2.08 bits per heavy atom. The maximum Gasteiger partial charge on any atom is 0.233 e. The average Bonchev–Trinajstić information content (AvgIpc) is 2.16. The fraction of sp³-hybridized carbons (Fsp3) is 0.889. The van der Waals surface area contributed by atoms with Crippen molar-refractivity contribution in [1.82, 2.24) is 15.5 Å². The first-order valence-electron chi connectivity index (χ1n) is 4.88. The lowest BCUT2D eigenvalue weighted by Crippen LogP contribution is -2.39. The molecule has 0 aromatic carbocycles. The van der Waals surface area contributed by atoms with Gasteiger partial charge >= 0.3 is 0 Å². The van der Waals surface area contributed by atoms with Gasteiger partial charge in [-0.1, -0.05) is 13.8 Å². The summed E-state index contributed by atoms with van der Waals surface area (Å²) in [5.74, 6) is 0.0818. The van der Waals surface area contributed by atoms with E-state index in [1.54, 1.807) is 7.05 Å². The van der Waals surface area contributed by atoms with Crippen LogP contribution < -0.4 is 10.6 Å². The molecule has 78 valence electrons. The van der Waals surface area contributed by atoms with E-state index in [2.05, 4.69) is 29.4 Å². The minimum Gasteiger partial charge on any atom is -0.358 e. The van der Waals surface area contributed by atoms with Gasteiger partial charge in [0.25, 0.3) is 0 Å². The minimum atomic E-state index is 0.0818. The van der Waals surface area contributed by atoms with Crippen LogP contribution in [0.15, 0.2) is 0 Å². The number of carbonyl (C=O) groups excluding carboxylic acids is 1. The number of likely N-dealkylation sites (N-methyl/N-ethyl adjacent to an activating group) is 3. The van der Waals surface area contributed by atoms with Gasteiger partial charge < -0.3 is 10.6 Å². The summed E-state index contributed by atoms with van der Waals surface area (Å²) in [4.78, 5) is 13.2. The van der Waals surface area contributed by atoms with Gasteiger partial charge in [0, 0.05) is 20.1 Å². The lowest BCUT2D eigenvalue weighted by atomic mass is 10.4. The quantitative estimate of drug-likeness (QED) is 0.536. The molecule has 0 heterocycles. The smallest absolute Gasteiger partial charge is 0.233 e. The molecule has 0 aliphatic carbocycles. The second-order valence-corrected chi connectivity index (χ2v) is 2.90. The largest absolute Gasteiger partial charge is 0.358 e. The Kier molecular flexibility index (Phi) is 7.63. The van der Waals surface area contributed by atoms with Crippen LogP contribution in [0.1, 0.15) is 13.8 Å². The topological polar surface area (TPSA) is 44.4 Å². The van der Waals surface area contributed by atoms with Crippen LogP contribution in [-0.2, 0) is 4.79 Å². The van der Waals surface area contributed by atoms with Crippen molar-refractivity contribution in [1.29, 1.82) is 0 Å². The molecule has 2 N–H and O–H groups in total. The van der Waals surface area contributed by atoms with Gasteiger partial charge in [0.05, 0.1) is 6.54 Å². The standard InChI is InChI=1S/C9H21N3O/c1-4-11-6-7-12(5-2)8-9(13)10-3/h11H,4-8H2,1-3H3,(H,10,13). The Morgan fingerprint density at radius 3 is 2.54 bits per heavy atom. The summed E-state index contributed by atoms with van der Waals surface area (Å²) in [5, 5.41) is 5.85. The molecule has 0 spiro atoms. The lowest BCUT2D eigenvalue weighted by Gasteiger charge is -2.19. The van der Waals surface area contributed by atoms with Crippen molar-refractivity contribution in [3.05, 3.63) is 0 Å². The highest BCUT2D eigenvalue weighted by Gasteiger charge is 2.05. The van der Waals surface area contributed by atoms with Crippen molar-refractivity contribution in [3.63, 3.8) is 0 Å². The SMILES string of the molecule is CCNCCN(CC)CC(=O)NC. The average molecular weight is 187 g/mol. The van der Waals surface area contributed by atoms with Gasteiger partial charge in [0.2, 0.25) is 5.91 Å². The van der Waals surface area contributed by atoms with Crippen LogP contribution in [0.5, 0.6) is 0 Å². The molecular weight excluding hydrogens is 166 g/mol. The molecule has 0 radical (unpaired) electrons. The van der Waals surface area contributed by atoms with Crippen molar-refractivity contribution in [3.8, 4) is 0 Å². The molecule has 0 aromatic heterocycles. The van der Waals surface area contributed by atoms with Crippen LogP contribution in [-0.4, -0.2) is 50.6 Å². The normalized spacial score (nSPS) is 10.5. The summed E-state index contributed by atoms with van der Waals surface area (Å²) in [6, 6.07) is 0. The van der Waals surface area contributed by atoms with E-state index in [0.717, 1.165) is 26.2 Å². The number of amides is 1. The Balaban J connectivity index is 3.56. The monoisotopic (exact) mass is 187 g/mol. The van der Waals surface area contributed by atoms with Gasteiger partial charge in [0.1, 0.15) is 0 Å². The van der Waals surface area contributed by atoms with Gasteiger partial charge in [0.15, 0.2) is 0 Å². The highest BCUT2D eigenvalue weighted by molar-refractivity contribution is 5.77. The second-order valence-electron chi connectivity index (χ2n) is 2.90. The Hall–Kier alpha value is -0.610. The molecule has 0 saturated carbocycles. The van der Waals surface area contributed by atoms with Crippen LogP contribution in [0.25, 0.3) is 0 Å². The molecule has 0 bridgehead atoms. The predicted octanol–water partition coefficient (Wildman–Crippen LogP) is -0.336. The first-order valence-corrected chi connectivity index (χ1v) is 4.88. The number of nitrogens with zero attached hydrogens (tertiary/aromatic N) is 1. The van der Waals surface area contributed by atoms with Gasteiger partial charge in [-0.25, -0.2) is 0 Å². The summed E-state index contributed by atoms with van der Waals surface area (Å²) in [7, 11) is 1.67. The third-order valence-electron chi connectivity index (χ3n) is 1.95. The van der Waals surface area contributed by atoms with E-state index in [9.17, 15) is 4.79 Å². The Labute approximate surface area is 80.7 Å². The molecule has 0 aliphatic heterocycles. The molecule has 13 heavy (non-hydrogen) atoms. The molecular formula is C9H21N3O. The molecule has 0 rings (SSSR count). The number of hydrogen-bond donors (Lipinski definition) is 2. The van der Waals surface area contributed by atoms with E-state index in [-0.39, 0.29) is 5.91 Å². The molecule has 0 saturated heterocycles. The molecule has 4 nitrogen and oxygen atoms in total. The number of hydrogen-bond acceptors (Lipinski definition) is 3. The van der Waals surface area contributed by atoms with Crippen LogP contribution >= 0.6 is 0 Å². The van der Waals surface area contributed by atoms with Crippen LogP contribution in [0, 0.1) is 0 Å². The van der Waals surface area contributed by atoms with E-state index in [1.807, 2.05) is 0 Å². The molecule has 0 atom stereocenters.